The third-order valence-electron chi connectivity index (χ3n) is 3.98. The Bertz CT molecular complexity index is 894. The third kappa shape index (κ3) is 3.75. The van der Waals surface area contributed by atoms with Crippen LogP contribution >= 0.6 is 0 Å². The number of aliphatic hydroxyl groups is 1. The van der Waals surface area contributed by atoms with E-state index in [1.165, 1.54) is 16.8 Å². The van der Waals surface area contributed by atoms with Crippen LogP contribution in [0.5, 0.6) is 0 Å². The van der Waals surface area contributed by atoms with Crippen molar-refractivity contribution in [3.05, 3.63) is 59.9 Å². The van der Waals surface area contributed by atoms with Crippen molar-refractivity contribution in [2.24, 2.45) is 0 Å². The number of nitrogens with one attached hydrogen (secondary N) is 1. The minimum atomic E-state index is -0.150. The second kappa shape index (κ2) is 7.27. The van der Waals surface area contributed by atoms with Gasteiger partial charge >= 0.3 is 0 Å². The van der Waals surface area contributed by atoms with Crippen LogP contribution in [0.3, 0.4) is 0 Å². The summed E-state index contributed by atoms with van der Waals surface area (Å²) in [6, 6.07) is 13.4. The molecule has 0 aliphatic rings. The number of hydrogen-bond donors (Lipinski definition) is 2. The molecule has 0 bridgehead atoms. The van der Waals surface area contributed by atoms with E-state index in [9.17, 15) is 4.79 Å². The minimum Gasteiger partial charge on any atom is -0.395 e. The van der Waals surface area contributed by atoms with Crippen molar-refractivity contribution in [1.29, 1.82) is 0 Å². The lowest BCUT2D eigenvalue weighted by atomic mass is 10.1. The molecule has 6 nitrogen and oxygen atoms in total. The van der Waals surface area contributed by atoms with Gasteiger partial charge in [-0.3, -0.25) is 4.79 Å². The average molecular weight is 336 g/mol. The summed E-state index contributed by atoms with van der Waals surface area (Å²) < 4.78 is 0. The first-order valence-electron chi connectivity index (χ1n) is 8.03. The lowest BCUT2D eigenvalue weighted by Crippen LogP contribution is -2.29. The van der Waals surface area contributed by atoms with E-state index in [0.29, 0.717) is 23.4 Å². The lowest BCUT2D eigenvalue weighted by molar-refractivity contribution is 0.0767. The molecule has 0 fully saturated rings. The van der Waals surface area contributed by atoms with Gasteiger partial charge in [-0.05, 0) is 37.3 Å². The second-order valence-corrected chi connectivity index (χ2v) is 5.90. The quantitative estimate of drug-likeness (QED) is 0.749. The van der Waals surface area contributed by atoms with Gasteiger partial charge in [0.05, 0.1) is 12.1 Å². The number of likely N-dealkylation sites (N-methyl/N-ethyl adjacent to an activating group) is 1. The molecule has 3 aromatic rings. The normalized spacial score (nSPS) is 10.7. The molecule has 0 unspecified atom stereocenters. The highest BCUT2D eigenvalue weighted by Crippen LogP contribution is 2.24. The summed E-state index contributed by atoms with van der Waals surface area (Å²) in [7, 11) is 1.66. The SMILES string of the molecule is Cc1ccc(Nc2ncnc3cc(C(=O)N(C)CCO)ccc23)cc1. The van der Waals surface area contributed by atoms with Crippen molar-refractivity contribution in [2.45, 2.75) is 6.92 Å². The van der Waals surface area contributed by atoms with Gasteiger partial charge in [0, 0.05) is 30.2 Å². The standard InChI is InChI=1S/C19H20N4O2/c1-13-3-6-15(7-4-13)22-18-16-8-5-14(11-17(16)20-12-21-18)19(25)23(2)9-10-24/h3-8,11-12,24H,9-10H2,1-2H3,(H,20,21,22). The maximum atomic E-state index is 12.3. The van der Waals surface area contributed by atoms with Crippen molar-refractivity contribution in [3.8, 4) is 0 Å². The highest BCUT2D eigenvalue weighted by Gasteiger charge is 2.13. The molecule has 1 amide bonds. The number of hydrogen-bond acceptors (Lipinski definition) is 5. The van der Waals surface area contributed by atoms with E-state index in [0.717, 1.165) is 11.1 Å². The molecule has 1 aromatic heterocycles. The summed E-state index contributed by atoms with van der Waals surface area (Å²) >= 11 is 0. The molecule has 1 heterocycles. The topological polar surface area (TPSA) is 78.4 Å². The summed E-state index contributed by atoms with van der Waals surface area (Å²) in [5.41, 5.74) is 3.35. The van der Waals surface area contributed by atoms with E-state index in [-0.39, 0.29) is 12.5 Å². The fourth-order valence-electron chi connectivity index (χ4n) is 2.54. The fourth-order valence-corrected chi connectivity index (χ4v) is 2.54. The summed E-state index contributed by atoms with van der Waals surface area (Å²) in [6.45, 7) is 2.26. The zero-order chi connectivity index (χ0) is 17.8. The number of amides is 1. The van der Waals surface area contributed by atoms with E-state index in [2.05, 4.69) is 15.3 Å². The van der Waals surface area contributed by atoms with E-state index >= 15 is 0 Å². The van der Waals surface area contributed by atoms with Gasteiger partial charge in [-0.25, -0.2) is 9.97 Å². The van der Waals surface area contributed by atoms with E-state index < -0.39 is 0 Å². The Morgan fingerprint density at radius 2 is 1.92 bits per heavy atom. The molecule has 6 heteroatoms. The molecular weight excluding hydrogens is 316 g/mol. The van der Waals surface area contributed by atoms with Crippen LogP contribution < -0.4 is 5.32 Å². The predicted octanol–water partition coefficient (Wildman–Crippen LogP) is 2.75. The number of carbonyl (C=O) groups is 1. The number of benzene rings is 2. The summed E-state index contributed by atoms with van der Waals surface area (Å²) in [6.07, 6.45) is 1.48. The predicted molar refractivity (Wildman–Crippen MR) is 98.0 cm³/mol. The molecule has 3 rings (SSSR count). The molecule has 0 aliphatic heterocycles. The maximum Gasteiger partial charge on any atom is 0.253 e. The Labute approximate surface area is 146 Å². The van der Waals surface area contributed by atoms with Gasteiger partial charge in [0.1, 0.15) is 12.1 Å². The number of aliphatic hydroxyl groups excluding tert-OH is 1. The van der Waals surface area contributed by atoms with Crippen LogP contribution in [0.4, 0.5) is 11.5 Å². The molecule has 0 aliphatic carbocycles. The van der Waals surface area contributed by atoms with Gasteiger partial charge in [-0.1, -0.05) is 17.7 Å². The van der Waals surface area contributed by atoms with Gasteiger partial charge in [0.15, 0.2) is 0 Å². The summed E-state index contributed by atoms with van der Waals surface area (Å²) in [4.78, 5) is 22.4. The van der Waals surface area contributed by atoms with Crippen LogP contribution in [0, 0.1) is 6.92 Å². The molecule has 2 aromatic carbocycles. The van der Waals surface area contributed by atoms with Crippen LogP contribution in [0.2, 0.25) is 0 Å². The third-order valence-corrected chi connectivity index (χ3v) is 3.98. The summed E-state index contributed by atoms with van der Waals surface area (Å²) in [5.74, 6) is 0.541. The molecule has 0 radical (unpaired) electrons. The number of carbonyl (C=O) groups excluding carboxylic acids is 1. The second-order valence-electron chi connectivity index (χ2n) is 5.90. The Balaban J connectivity index is 1.92. The van der Waals surface area contributed by atoms with Gasteiger partial charge in [-0.15, -0.1) is 0 Å². The zero-order valence-corrected chi connectivity index (χ0v) is 14.2. The van der Waals surface area contributed by atoms with E-state index in [1.54, 1.807) is 19.2 Å². The van der Waals surface area contributed by atoms with Crippen molar-refractivity contribution >= 4 is 28.3 Å². The van der Waals surface area contributed by atoms with Gasteiger partial charge in [0.2, 0.25) is 0 Å². The molecule has 0 saturated carbocycles. The molecule has 25 heavy (non-hydrogen) atoms. The lowest BCUT2D eigenvalue weighted by Gasteiger charge is -2.16. The van der Waals surface area contributed by atoms with Crippen molar-refractivity contribution in [2.75, 3.05) is 25.5 Å². The van der Waals surface area contributed by atoms with Crippen LogP contribution in [-0.4, -0.2) is 46.1 Å². The average Bonchev–Trinajstić information content (AvgIpc) is 2.63. The molecule has 128 valence electrons. The van der Waals surface area contributed by atoms with Crippen molar-refractivity contribution in [3.63, 3.8) is 0 Å². The van der Waals surface area contributed by atoms with Crippen LogP contribution in [-0.2, 0) is 0 Å². The molecule has 0 spiro atoms. The number of aromatic nitrogens is 2. The van der Waals surface area contributed by atoms with E-state index in [4.69, 9.17) is 5.11 Å². The highest BCUT2D eigenvalue weighted by atomic mass is 16.3. The largest absolute Gasteiger partial charge is 0.395 e. The monoisotopic (exact) mass is 336 g/mol. The number of fused-ring (bicyclic) bond motifs is 1. The molecule has 0 saturated heterocycles. The number of aryl methyl sites for hydroxylation is 1. The van der Waals surface area contributed by atoms with E-state index in [1.807, 2.05) is 37.3 Å². The molecule has 2 N–H and O–H groups in total. The first-order chi connectivity index (χ1) is 12.1. The Morgan fingerprint density at radius 3 is 2.64 bits per heavy atom. The Kier molecular flexibility index (Phi) is 4.90. The molecule has 0 atom stereocenters. The van der Waals surface area contributed by atoms with Crippen LogP contribution in [0.25, 0.3) is 10.9 Å². The Hall–Kier alpha value is -2.99. The molecular formula is C19H20N4O2. The number of anilines is 2. The Morgan fingerprint density at radius 1 is 1.16 bits per heavy atom. The fraction of sp³-hybridized carbons (Fsp3) is 0.211. The van der Waals surface area contributed by atoms with Gasteiger partial charge < -0.3 is 15.3 Å². The first kappa shape index (κ1) is 16.9. The van der Waals surface area contributed by atoms with Crippen LogP contribution in [0.1, 0.15) is 15.9 Å². The zero-order valence-electron chi connectivity index (χ0n) is 14.2. The number of rotatable bonds is 5. The van der Waals surface area contributed by atoms with Crippen molar-refractivity contribution < 1.29 is 9.90 Å². The maximum absolute atomic E-state index is 12.3. The first-order valence-corrected chi connectivity index (χ1v) is 8.03. The van der Waals surface area contributed by atoms with Gasteiger partial charge in [0.25, 0.3) is 5.91 Å². The van der Waals surface area contributed by atoms with Gasteiger partial charge in [-0.2, -0.15) is 0 Å². The summed E-state index contributed by atoms with van der Waals surface area (Å²) in [5, 5.41) is 13.1. The minimum absolute atomic E-state index is 0.0669. The van der Waals surface area contributed by atoms with Crippen LogP contribution in [0.15, 0.2) is 48.8 Å². The number of nitrogens with zero attached hydrogens (tertiary/aromatic N) is 3. The smallest absolute Gasteiger partial charge is 0.253 e. The van der Waals surface area contributed by atoms with Crippen molar-refractivity contribution in [1.82, 2.24) is 14.9 Å². The highest BCUT2D eigenvalue weighted by molar-refractivity contribution is 6.00.